The van der Waals surface area contributed by atoms with Gasteiger partial charge in [-0.3, -0.25) is 0 Å². The largest absolute Gasteiger partial charge is 0.353 e. The molecule has 0 aromatic heterocycles. The van der Waals surface area contributed by atoms with Gasteiger partial charge >= 0.3 is 0 Å². The maximum Gasteiger partial charge on any atom is 0.158 e. The molecule has 3 nitrogen and oxygen atoms in total. The van der Waals surface area contributed by atoms with Crippen molar-refractivity contribution < 1.29 is 9.47 Å². The molecular weight excluding hydrogens is 130 g/mol. The molecule has 2 aliphatic rings. The van der Waals surface area contributed by atoms with Crippen LogP contribution in [0, 0.1) is 0 Å². The molecular formula is C7H13NO2. The monoisotopic (exact) mass is 143 g/mol. The molecule has 10 heavy (non-hydrogen) atoms. The lowest BCUT2D eigenvalue weighted by Gasteiger charge is -2.29. The Balaban J connectivity index is 1.68. The lowest BCUT2D eigenvalue weighted by molar-refractivity contribution is -0.154. The van der Waals surface area contributed by atoms with Crippen molar-refractivity contribution in [1.29, 1.82) is 0 Å². The van der Waals surface area contributed by atoms with Crippen molar-refractivity contribution >= 4 is 0 Å². The fourth-order valence-electron chi connectivity index (χ4n) is 1.23. The normalized spacial score (nSPS) is 34.2. The van der Waals surface area contributed by atoms with Gasteiger partial charge in [-0.2, -0.15) is 0 Å². The first kappa shape index (κ1) is 6.58. The smallest absolute Gasteiger partial charge is 0.158 e. The van der Waals surface area contributed by atoms with E-state index in [9.17, 15) is 0 Å². The zero-order valence-corrected chi connectivity index (χ0v) is 6.01. The predicted molar refractivity (Wildman–Crippen MR) is 36.7 cm³/mol. The fraction of sp³-hybridized carbons (Fsp3) is 1.00. The molecule has 2 saturated heterocycles. The van der Waals surface area contributed by atoms with Gasteiger partial charge in [-0.05, 0) is 6.42 Å². The molecule has 2 fully saturated rings. The molecule has 0 amide bonds. The van der Waals surface area contributed by atoms with Gasteiger partial charge in [-0.25, -0.2) is 0 Å². The van der Waals surface area contributed by atoms with Crippen LogP contribution >= 0.6 is 0 Å². The van der Waals surface area contributed by atoms with E-state index in [2.05, 4.69) is 5.32 Å². The molecule has 1 N–H and O–H groups in total. The molecule has 2 rings (SSSR count). The van der Waals surface area contributed by atoms with E-state index < -0.39 is 0 Å². The van der Waals surface area contributed by atoms with E-state index in [-0.39, 0.29) is 6.29 Å². The summed E-state index contributed by atoms with van der Waals surface area (Å²) < 4.78 is 10.9. The highest BCUT2D eigenvalue weighted by Crippen LogP contribution is 2.15. The molecule has 0 aliphatic carbocycles. The van der Waals surface area contributed by atoms with Gasteiger partial charge in [-0.15, -0.1) is 0 Å². The Bertz CT molecular complexity index is 108. The van der Waals surface area contributed by atoms with Crippen LogP contribution in [0.2, 0.25) is 0 Å². The Hall–Kier alpha value is -0.120. The minimum absolute atomic E-state index is 0.104. The topological polar surface area (TPSA) is 30.5 Å². The quantitative estimate of drug-likeness (QED) is 0.595. The van der Waals surface area contributed by atoms with Crippen molar-refractivity contribution in [2.45, 2.75) is 25.2 Å². The van der Waals surface area contributed by atoms with E-state index >= 15 is 0 Å². The van der Waals surface area contributed by atoms with Gasteiger partial charge in [-0.1, -0.05) is 0 Å². The Labute approximate surface area is 60.7 Å². The average molecular weight is 143 g/mol. The highest BCUT2D eigenvalue weighted by molar-refractivity contribution is 4.75. The summed E-state index contributed by atoms with van der Waals surface area (Å²) in [5.74, 6) is 0. The van der Waals surface area contributed by atoms with Gasteiger partial charge in [0.2, 0.25) is 0 Å². The Morgan fingerprint density at radius 2 is 2.30 bits per heavy atom. The summed E-state index contributed by atoms with van der Waals surface area (Å²) in [5, 5.41) is 3.15. The highest BCUT2D eigenvalue weighted by atomic mass is 16.7. The lowest BCUT2D eigenvalue weighted by Crippen LogP contribution is -2.49. The summed E-state index contributed by atoms with van der Waals surface area (Å²) in [6.45, 7) is 2.88. The van der Waals surface area contributed by atoms with E-state index in [1.165, 1.54) is 0 Å². The summed E-state index contributed by atoms with van der Waals surface area (Å²) >= 11 is 0. The first-order valence-electron chi connectivity index (χ1n) is 3.93. The fourth-order valence-corrected chi connectivity index (χ4v) is 1.23. The van der Waals surface area contributed by atoms with E-state index in [4.69, 9.17) is 9.47 Å². The molecule has 2 aliphatic heterocycles. The molecule has 0 spiro atoms. The first-order chi connectivity index (χ1) is 4.95. The molecule has 58 valence electrons. The van der Waals surface area contributed by atoms with Crippen LogP contribution in [0.25, 0.3) is 0 Å². The molecule has 0 radical (unpaired) electrons. The van der Waals surface area contributed by atoms with Crippen LogP contribution < -0.4 is 5.32 Å². The molecule has 1 atom stereocenters. The lowest BCUT2D eigenvalue weighted by atomic mass is 10.2. The van der Waals surface area contributed by atoms with E-state index in [0.717, 1.165) is 32.5 Å². The van der Waals surface area contributed by atoms with Crippen molar-refractivity contribution in [3.63, 3.8) is 0 Å². The maximum atomic E-state index is 5.56. The van der Waals surface area contributed by atoms with Crippen LogP contribution in [0.1, 0.15) is 12.8 Å². The number of ether oxygens (including phenoxy) is 2. The maximum absolute atomic E-state index is 5.56. The summed E-state index contributed by atoms with van der Waals surface area (Å²) in [6.07, 6.45) is 2.76. The SMILES string of the molecule is C1COC(OC2CNC2)C1. The average Bonchev–Trinajstić information content (AvgIpc) is 2.29. The third-order valence-corrected chi connectivity index (χ3v) is 1.98. The third kappa shape index (κ3) is 1.31. The number of hydrogen-bond acceptors (Lipinski definition) is 3. The number of rotatable bonds is 2. The predicted octanol–water partition coefficient (Wildman–Crippen LogP) is 0.111. The summed E-state index contributed by atoms with van der Waals surface area (Å²) in [6, 6.07) is 0. The Kier molecular flexibility index (Phi) is 1.88. The van der Waals surface area contributed by atoms with Gasteiger partial charge in [0.25, 0.3) is 0 Å². The van der Waals surface area contributed by atoms with Gasteiger partial charge < -0.3 is 14.8 Å². The first-order valence-corrected chi connectivity index (χ1v) is 3.93. The third-order valence-electron chi connectivity index (χ3n) is 1.98. The number of nitrogens with one attached hydrogen (secondary N) is 1. The molecule has 0 aromatic rings. The van der Waals surface area contributed by atoms with Crippen molar-refractivity contribution in [1.82, 2.24) is 5.32 Å². The van der Waals surface area contributed by atoms with Crippen molar-refractivity contribution in [3.05, 3.63) is 0 Å². The molecule has 0 bridgehead atoms. The second-order valence-corrected chi connectivity index (χ2v) is 2.86. The summed E-state index contributed by atoms with van der Waals surface area (Å²) in [7, 11) is 0. The Morgan fingerprint density at radius 3 is 2.80 bits per heavy atom. The highest BCUT2D eigenvalue weighted by Gasteiger charge is 2.24. The minimum Gasteiger partial charge on any atom is -0.353 e. The van der Waals surface area contributed by atoms with Crippen molar-refractivity contribution in [3.8, 4) is 0 Å². The molecule has 1 unspecified atom stereocenters. The van der Waals surface area contributed by atoms with Gasteiger partial charge in [0.1, 0.15) is 0 Å². The van der Waals surface area contributed by atoms with Crippen LogP contribution in [-0.4, -0.2) is 32.1 Å². The minimum atomic E-state index is 0.104. The number of hydrogen-bond donors (Lipinski definition) is 1. The van der Waals surface area contributed by atoms with Gasteiger partial charge in [0.15, 0.2) is 6.29 Å². The summed E-state index contributed by atoms with van der Waals surface area (Å²) in [5.41, 5.74) is 0. The molecule has 0 saturated carbocycles. The second kappa shape index (κ2) is 2.86. The van der Waals surface area contributed by atoms with E-state index in [1.807, 2.05) is 0 Å². The van der Waals surface area contributed by atoms with Gasteiger partial charge in [0.05, 0.1) is 6.10 Å². The van der Waals surface area contributed by atoms with Gasteiger partial charge in [0, 0.05) is 26.1 Å². The van der Waals surface area contributed by atoms with Crippen molar-refractivity contribution in [2.75, 3.05) is 19.7 Å². The zero-order valence-electron chi connectivity index (χ0n) is 6.01. The van der Waals surface area contributed by atoms with Crippen LogP contribution in [0.15, 0.2) is 0 Å². The Morgan fingerprint density at radius 1 is 1.40 bits per heavy atom. The molecule has 2 heterocycles. The van der Waals surface area contributed by atoms with Crippen LogP contribution in [0.5, 0.6) is 0 Å². The standard InChI is InChI=1S/C7H13NO2/c1-2-7(9-3-1)10-6-4-8-5-6/h6-8H,1-5H2. The van der Waals surface area contributed by atoms with Crippen LogP contribution in [-0.2, 0) is 9.47 Å². The van der Waals surface area contributed by atoms with Crippen molar-refractivity contribution in [2.24, 2.45) is 0 Å². The van der Waals surface area contributed by atoms with Crippen LogP contribution in [0.3, 0.4) is 0 Å². The molecule has 3 heteroatoms. The zero-order chi connectivity index (χ0) is 6.81. The van der Waals surface area contributed by atoms with Crippen LogP contribution in [0.4, 0.5) is 0 Å². The summed E-state index contributed by atoms with van der Waals surface area (Å²) in [4.78, 5) is 0. The molecule has 0 aromatic carbocycles. The van der Waals surface area contributed by atoms with E-state index in [1.54, 1.807) is 0 Å². The van der Waals surface area contributed by atoms with E-state index in [0.29, 0.717) is 6.10 Å². The second-order valence-electron chi connectivity index (χ2n) is 2.86.